The summed E-state index contributed by atoms with van der Waals surface area (Å²) in [6, 6.07) is 11.9. The molecule has 8 nitrogen and oxygen atoms in total. The van der Waals surface area contributed by atoms with E-state index in [9.17, 15) is 24.2 Å². The lowest BCUT2D eigenvalue weighted by Gasteiger charge is -2.36. The molecule has 2 atom stereocenters. The number of carbonyl (C=O) groups is 2. The van der Waals surface area contributed by atoms with Crippen molar-refractivity contribution < 1.29 is 28.9 Å². The Balaban J connectivity index is 1.98. The third-order valence-corrected chi connectivity index (χ3v) is 6.81. The van der Waals surface area contributed by atoms with Gasteiger partial charge >= 0.3 is 5.97 Å². The summed E-state index contributed by atoms with van der Waals surface area (Å²) in [5.41, 5.74) is 0.729. The highest BCUT2D eigenvalue weighted by atomic mass is 19.1. The average Bonchev–Trinajstić information content (AvgIpc) is 3.22. The van der Waals surface area contributed by atoms with Gasteiger partial charge in [-0.25, -0.2) is 4.39 Å². The smallest absolute Gasteiger partial charge is 0.305 e. The molecule has 0 aliphatic heterocycles. The van der Waals surface area contributed by atoms with E-state index in [1.165, 1.54) is 24.3 Å². The summed E-state index contributed by atoms with van der Waals surface area (Å²) < 4.78 is 21.7. The van der Waals surface area contributed by atoms with Crippen molar-refractivity contribution in [1.82, 2.24) is 15.1 Å². The number of amides is 1. The summed E-state index contributed by atoms with van der Waals surface area (Å²) in [5, 5.41) is 27.4. The van der Waals surface area contributed by atoms with Crippen LogP contribution in [0.2, 0.25) is 0 Å². The number of halogens is 1. The largest absolute Gasteiger partial charge is 0.481 e. The first-order valence-electron chi connectivity index (χ1n) is 12.0. The minimum absolute atomic E-state index is 0.0568. The van der Waals surface area contributed by atoms with Crippen LogP contribution in [0.15, 0.2) is 48.5 Å². The second-order valence-electron chi connectivity index (χ2n) is 10.5. The number of ether oxygens (including phenoxy) is 1. The van der Waals surface area contributed by atoms with Crippen LogP contribution in [0.4, 0.5) is 4.39 Å². The van der Waals surface area contributed by atoms with Crippen molar-refractivity contribution in [1.29, 1.82) is 0 Å². The highest BCUT2D eigenvalue weighted by Crippen LogP contribution is 2.31. The molecule has 1 heterocycles. The van der Waals surface area contributed by atoms with Crippen molar-refractivity contribution in [2.24, 2.45) is 5.41 Å². The summed E-state index contributed by atoms with van der Waals surface area (Å²) in [6.07, 6.45) is -0.331. The number of carboxylic acids is 1. The summed E-state index contributed by atoms with van der Waals surface area (Å²) in [4.78, 5) is 24.9. The van der Waals surface area contributed by atoms with Gasteiger partial charge in [-0.15, -0.1) is 0 Å². The number of aliphatic hydroxyl groups is 1. The Morgan fingerprint density at radius 1 is 1.11 bits per heavy atom. The fraction of sp³-hybridized carbons (Fsp3) is 0.393. The van der Waals surface area contributed by atoms with E-state index in [2.05, 4.69) is 10.4 Å². The van der Waals surface area contributed by atoms with E-state index in [-0.39, 0.29) is 30.3 Å². The molecule has 1 aromatic heterocycles. The summed E-state index contributed by atoms with van der Waals surface area (Å²) in [6.45, 7) is 10.8. The number of benzene rings is 2. The van der Waals surface area contributed by atoms with Crippen LogP contribution in [0.5, 0.6) is 5.88 Å². The lowest BCUT2D eigenvalue weighted by Crippen LogP contribution is -2.45. The van der Waals surface area contributed by atoms with Crippen molar-refractivity contribution in [2.45, 2.75) is 59.6 Å². The van der Waals surface area contributed by atoms with E-state index in [0.29, 0.717) is 5.56 Å². The van der Waals surface area contributed by atoms with Gasteiger partial charge in [0.25, 0.3) is 5.91 Å². The number of hydrogen-bond acceptors (Lipinski definition) is 5. The second kappa shape index (κ2) is 10.7. The number of aryl methyl sites for hydroxylation is 1. The maximum Gasteiger partial charge on any atom is 0.305 e. The van der Waals surface area contributed by atoms with Crippen LogP contribution in [0.3, 0.4) is 0 Å². The number of hydrogen-bond donors (Lipinski definition) is 3. The van der Waals surface area contributed by atoms with Crippen molar-refractivity contribution in [3.8, 4) is 11.6 Å². The van der Waals surface area contributed by atoms with Crippen LogP contribution >= 0.6 is 0 Å². The summed E-state index contributed by atoms with van der Waals surface area (Å²) in [7, 11) is 0. The third-order valence-electron chi connectivity index (χ3n) is 6.81. The molecule has 0 aliphatic rings. The Bertz CT molecular complexity index is 1290. The molecule has 9 heteroatoms. The number of rotatable bonds is 9. The number of para-hydroxylation sites is 1. The predicted octanol–water partition coefficient (Wildman–Crippen LogP) is 4.75. The number of carboxylic acid groups (broad SMARTS) is 1. The first-order valence-corrected chi connectivity index (χ1v) is 12.0. The molecule has 0 bridgehead atoms. The maximum atomic E-state index is 14.7. The molecular weight excluding hydrogens is 477 g/mol. The molecule has 0 unspecified atom stereocenters. The molecule has 1 amide bonds. The van der Waals surface area contributed by atoms with E-state index in [1.54, 1.807) is 25.1 Å². The zero-order valence-corrected chi connectivity index (χ0v) is 22.0. The molecule has 3 aromatic rings. The lowest BCUT2D eigenvalue weighted by atomic mass is 9.78. The summed E-state index contributed by atoms with van der Waals surface area (Å²) >= 11 is 0. The van der Waals surface area contributed by atoms with Crippen molar-refractivity contribution in [3.63, 3.8) is 0 Å². The molecule has 0 aliphatic carbocycles. The Kier molecular flexibility index (Phi) is 8.07. The van der Waals surface area contributed by atoms with Crippen molar-refractivity contribution in [2.75, 3.05) is 6.61 Å². The van der Waals surface area contributed by atoms with Gasteiger partial charge in [-0.05, 0) is 55.0 Å². The quantitative estimate of drug-likeness (QED) is 0.382. The fourth-order valence-corrected chi connectivity index (χ4v) is 3.60. The Labute approximate surface area is 216 Å². The third kappa shape index (κ3) is 6.35. The Morgan fingerprint density at radius 2 is 1.78 bits per heavy atom. The zero-order chi connectivity index (χ0) is 27.5. The molecule has 37 heavy (non-hydrogen) atoms. The topological polar surface area (TPSA) is 114 Å². The highest BCUT2D eigenvalue weighted by molar-refractivity contribution is 5.93. The molecule has 2 aromatic carbocycles. The Morgan fingerprint density at radius 3 is 2.41 bits per heavy atom. The number of aliphatic carboxylic acids is 1. The van der Waals surface area contributed by atoms with Gasteiger partial charge in [0.1, 0.15) is 23.7 Å². The first kappa shape index (κ1) is 27.9. The number of nitrogens with one attached hydrogen (secondary N) is 1. The minimum atomic E-state index is -1.24. The Hall–Kier alpha value is -3.72. The molecule has 3 N–H and O–H groups in total. The lowest BCUT2D eigenvalue weighted by molar-refractivity contribution is -0.137. The van der Waals surface area contributed by atoms with Gasteiger partial charge in [-0.3, -0.25) is 9.59 Å². The molecule has 0 radical (unpaired) electrons. The first-order chi connectivity index (χ1) is 17.2. The molecule has 3 rings (SSSR count). The molecule has 198 valence electrons. The molecule has 0 fully saturated rings. The fourth-order valence-electron chi connectivity index (χ4n) is 3.60. The van der Waals surface area contributed by atoms with Gasteiger partial charge < -0.3 is 20.3 Å². The van der Waals surface area contributed by atoms with Gasteiger partial charge in [0, 0.05) is 6.07 Å². The van der Waals surface area contributed by atoms with Crippen LogP contribution in [0, 0.1) is 25.1 Å². The second-order valence-corrected chi connectivity index (χ2v) is 10.5. The maximum absolute atomic E-state index is 14.7. The number of nitrogens with zero attached hydrogens (tertiary/aromatic N) is 2. The van der Waals surface area contributed by atoms with Gasteiger partial charge in [0.2, 0.25) is 5.88 Å². The SMILES string of the molecule is Cc1cccc([C@H](CC(=O)O)NC(=O)c2cc(OC[C@@](C)(O)C(C)(C)C)n(-c3ccccc3F)n2)c1C. The van der Waals surface area contributed by atoms with Crippen molar-refractivity contribution >= 4 is 11.9 Å². The van der Waals surface area contributed by atoms with Gasteiger partial charge in [0.05, 0.1) is 12.5 Å². The van der Waals surface area contributed by atoms with Crippen LogP contribution in [-0.2, 0) is 4.79 Å². The van der Waals surface area contributed by atoms with E-state index in [1.807, 2.05) is 40.7 Å². The van der Waals surface area contributed by atoms with Gasteiger partial charge in [-0.2, -0.15) is 9.78 Å². The van der Waals surface area contributed by atoms with Crippen LogP contribution in [0.1, 0.15) is 67.3 Å². The number of carbonyl (C=O) groups excluding carboxylic acids is 1. The number of aromatic nitrogens is 2. The summed E-state index contributed by atoms with van der Waals surface area (Å²) in [5.74, 6) is -2.24. The van der Waals surface area contributed by atoms with E-state index < -0.39 is 34.8 Å². The van der Waals surface area contributed by atoms with E-state index in [0.717, 1.165) is 15.8 Å². The molecule has 0 saturated heterocycles. The monoisotopic (exact) mass is 511 g/mol. The standard InChI is InChI=1S/C28H34FN3O5/c1-17-10-9-11-19(18(17)2)21(15-25(33)34)30-26(35)22-14-24(37-16-28(6,36)27(3,4)5)32(31-22)23-13-8-7-12-20(23)29/h7-14,21,36H,15-16H2,1-6H3,(H,30,35)(H,33,34)/t21-,28+/m0/s1. The van der Waals surface area contributed by atoms with Gasteiger partial charge in [-0.1, -0.05) is 51.1 Å². The highest BCUT2D eigenvalue weighted by Gasteiger charge is 2.36. The zero-order valence-electron chi connectivity index (χ0n) is 22.0. The van der Waals surface area contributed by atoms with Crippen LogP contribution in [-0.4, -0.2) is 44.1 Å². The van der Waals surface area contributed by atoms with Crippen LogP contribution < -0.4 is 10.1 Å². The molecule has 0 spiro atoms. The van der Waals surface area contributed by atoms with Crippen molar-refractivity contribution in [3.05, 3.63) is 76.7 Å². The van der Waals surface area contributed by atoms with Crippen LogP contribution in [0.25, 0.3) is 5.69 Å². The molecular formula is C28H34FN3O5. The molecule has 0 saturated carbocycles. The average molecular weight is 512 g/mol. The van der Waals surface area contributed by atoms with E-state index >= 15 is 0 Å². The predicted molar refractivity (Wildman–Crippen MR) is 137 cm³/mol. The van der Waals surface area contributed by atoms with Gasteiger partial charge in [0.15, 0.2) is 5.69 Å². The minimum Gasteiger partial charge on any atom is -0.481 e. The normalized spacial score (nSPS) is 14.1. The van der Waals surface area contributed by atoms with E-state index in [4.69, 9.17) is 4.74 Å².